The summed E-state index contributed by atoms with van der Waals surface area (Å²) in [5.41, 5.74) is 2.63. The molecule has 2 aromatic heterocycles. The third-order valence-electron chi connectivity index (χ3n) is 3.25. The number of benzene rings is 1. The summed E-state index contributed by atoms with van der Waals surface area (Å²) in [4.78, 5) is 15.1. The molecular formula is C17H14N4O2. The molecule has 1 N–H and O–H groups in total. The quantitative estimate of drug-likeness (QED) is 0.750. The standard InChI is InChI=1S/C17H14N4O2/c1-12-5-7-13(8-6-12)21-15(9-10-16(22)23)19-20-17(21)14-4-2-3-11-18-14/h2-11H,1H3,(H,22,23)/b10-9-. The third-order valence-corrected chi connectivity index (χ3v) is 3.25. The maximum atomic E-state index is 10.8. The van der Waals surface area contributed by atoms with E-state index in [1.807, 2.05) is 49.4 Å². The Labute approximate surface area is 132 Å². The third kappa shape index (κ3) is 3.16. The molecule has 0 aliphatic rings. The van der Waals surface area contributed by atoms with Crippen LogP contribution in [0.5, 0.6) is 0 Å². The summed E-state index contributed by atoms with van der Waals surface area (Å²) in [5, 5.41) is 17.1. The van der Waals surface area contributed by atoms with Crippen molar-refractivity contribution in [3.63, 3.8) is 0 Å². The topological polar surface area (TPSA) is 80.9 Å². The minimum atomic E-state index is -1.04. The fourth-order valence-electron chi connectivity index (χ4n) is 2.16. The predicted molar refractivity (Wildman–Crippen MR) is 86.0 cm³/mol. The van der Waals surface area contributed by atoms with E-state index in [1.165, 1.54) is 6.08 Å². The van der Waals surface area contributed by atoms with Gasteiger partial charge >= 0.3 is 5.97 Å². The van der Waals surface area contributed by atoms with Crippen molar-refractivity contribution in [1.29, 1.82) is 0 Å². The van der Waals surface area contributed by atoms with E-state index in [1.54, 1.807) is 10.8 Å². The summed E-state index contributed by atoms with van der Waals surface area (Å²) in [6, 6.07) is 13.3. The molecule has 0 spiro atoms. The van der Waals surface area contributed by atoms with Crippen molar-refractivity contribution >= 4 is 12.0 Å². The van der Waals surface area contributed by atoms with Crippen LogP contribution in [0.3, 0.4) is 0 Å². The Morgan fingerprint density at radius 1 is 1.13 bits per heavy atom. The summed E-state index contributed by atoms with van der Waals surface area (Å²) < 4.78 is 1.78. The SMILES string of the molecule is Cc1ccc(-n2c(/C=C\C(=O)O)nnc2-c2ccccn2)cc1. The first-order valence-corrected chi connectivity index (χ1v) is 7.00. The van der Waals surface area contributed by atoms with Gasteiger partial charge in [0.15, 0.2) is 11.6 Å². The number of aliphatic carboxylic acids is 1. The maximum Gasteiger partial charge on any atom is 0.328 e. The van der Waals surface area contributed by atoms with Crippen molar-refractivity contribution in [3.05, 3.63) is 66.1 Å². The van der Waals surface area contributed by atoms with E-state index in [9.17, 15) is 4.79 Å². The molecule has 3 rings (SSSR count). The van der Waals surface area contributed by atoms with Crippen molar-refractivity contribution in [1.82, 2.24) is 19.7 Å². The van der Waals surface area contributed by atoms with Crippen molar-refractivity contribution in [2.24, 2.45) is 0 Å². The fraction of sp³-hybridized carbons (Fsp3) is 0.0588. The average Bonchev–Trinajstić information content (AvgIpc) is 2.98. The lowest BCUT2D eigenvalue weighted by molar-refractivity contribution is -0.131. The highest BCUT2D eigenvalue weighted by molar-refractivity contribution is 5.84. The van der Waals surface area contributed by atoms with Crippen LogP contribution in [0.4, 0.5) is 0 Å². The minimum Gasteiger partial charge on any atom is -0.478 e. The van der Waals surface area contributed by atoms with E-state index in [2.05, 4.69) is 15.2 Å². The molecule has 3 aromatic rings. The largest absolute Gasteiger partial charge is 0.478 e. The molecule has 0 aliphatic heterocycles. The Bertz CT molecular complexity index is 852. The number of hydrogen-bond acceptors (Lipinski definition) is 4. The Morgan fingerprint density at radius 2 is 1.91 bits per heavy atom. The summed E-state index contributed by atoms with van der Waals surface area (Å²) in [7, 11) is 0. The number of aryl methyl sites for hydroxylation is 1. The van der Waals surface area contributed by atoms with Crippen LogP contribution in [-0.4, -0.2) is 30.8 Å². The Hall–Kier alpha value is -3.28. The number of carboxylic acid groups (broad SMARTS) is 1. The van der Waals surface area contributed by atoms with Gasteiger partial charge in [-0.3, -0.25) is 9.55 Å². The number of nitrogens with zero attached hydrogens (tertiary/aromatic N) is 4. The van der Waals surface area contributed by atoms with Crippen molar-refractivity contribution < 1.29 is 9.90 Å². The van der Waals surface area contributed by atoms with Gasteiger partial charge in [0.1, 0.15) is 5.69 Å². The molecule has 1 aromatic carbocycles. The van der Waals surface area contributed by atoms with Gasteiger partial charge in [-0.1, -0.05) is 23.8 Å². The highest BCUT2D eigenvalue weighted by Crippen LogP contribution is 2.22. The summed E-state index contributed by atoms with van der Waals surface area (Å²) >= 11 is 0. The van der Waals surface area contributed by atoms with Gasteiger partial charge in [0.05, 0.1) is 0 Å². The second kappa shape index (κ2) is 6.23. The Kier molecular flexibility index (Phi) is 3.97. The molecule has 0 bridgehead atoms. The molecule has 23 heavy (non-hydrogen) atoms. The molecule has 0 unspecified atom stereocenters. The van der Waals surface area contributed by atoms with Crippen molar-refractivity contribution in [3.8, 4) is 17.2 Å². The molecule has 0 atom stereocenters. The summed E-state index contributed by atoms with van der Waals surface area (Å²) in [5.74, 6) is -0.0563. The Morgan fingerprint density at radius 3 is 2.57 bits per heavy atom. The van der Waals surface area contributed by atoms with E-state index < -0.39 is 5.97 Å². The van der Waals surface area contributed by atoms with E-state index in [0.717, 1.165) is 17.3 Å². The van der Waals surface area contributed by atoms with Gasteiger partial charge < -0.3 is 5.11 Å². The van der Waals surface area contributed by atoms with Crippen LogP contribution in [0, 0.1) is 6.92 Å². The molecule has 0 amide bonds. The molecule has 114 valence electrons. The van der Waals surface area contributed by atoms with Crippen LogP contribution < -0.4 is 0 Å². The zero-order valence-electron chi connectivity index (χ0n) is 12.4. The van der Waals surface area contributed by atoms with E-state index in [0.29, 0.717) is 17.3 Å². The number of pyridine rings is 1. The van der Waals surface area contributed by atoms with Gasteiger partial charge in [0, 0.05) is 18.0 Å². The normalized spacial score (nSPS) is 11.0. The molecule has 6 heteroatoms. The van der Waals surface area contributed by atoms with Crippen molar-refractivity contribution in [2.75, 3.05) is 0 Å². The van der Waals surface area contributed by atoms with Gasteiger partial charge in [-0.15, -0.1) is 10.2 Å². The first-order valence-electron chi connectivity index (χ1n) is 7.00. The van der Waals surface area contributed by atoms with Gasteiger partial charge in [-0.2, -0.15) is 0 Å². The van der Waals surface area contributed by atoms with E-state index >= 15 is 0 Å². The van der Waals surface area contributed by atoms with Crippen molar-refractivity contribution in [2.45, 2.75) is 6.92 Å². The number of hydrogen-bond donors (Lipinski definition) is 1. The van der Waals surface area contributed by atoms with Crippen LogP contribution in [0.1, 0.15) is 11.4 Å². The fourth-order valence-corrected chi connectivity index (χ4v) is 2.16. The Balaban J connectivity index is 2.17. The molecule has 0 saturated heterocycles. The summed E-state index contributed by atoms with van der Waals surface area (Å²) in [6.45, 7) is 2.00. The van der Waals surface area contributed by atoms with Crippen LogP contribution in [-0.2, 0) is 4.79 Å². The van der Waals surface area contributed by atoms with Gasteiger partial charge in [-0.25, -0.2) is 4.79 Å². The zero-order valence-corrected chi connectivity index (χ0v) is 12.4. The molecule has 0 fully saturated rings. The van der Waals surface area contributed by atoms with Gasteiger partial charge in [0.2, 0.25) is 0 Å². The smallest absolute Gasteiger partial charge is 0.328 e. The second-order valence-corrected chi connectivity index (χ2v) is 4.94. The van der Waals surface area contributed by atoms with Crippen LogP contribution in [0.25, 0.3) is 23.3 Å². The van der Waals surface area contributed by atoms with E-state index in [4.69, 9.17) is 5.11 Å². The highest BCUT2D eigenvalue weighted by atomic mass is 16.4. The predicted octanol–water partition coefficient (Wildman–Crippen LogP) is 2.74. The number of aromatic nitrogens is 4. The first kappa shape index (κ1) is 14.6. The molecule has 0 aliphatic carbocycles. The average molecular weight is 306 g/mol. The lowest BCUT2D eigenvalue weighted by Crippen LogP contribution is -2.01. The lowest BCUT2D eigenvalue weighted by atomic mass is 10.2. The molecule has 0 radical (unpaired) electrons. The van der Waals surface area contributed by atoms with Gasteiger partial charge in [0.25, 0.3) is 0 Å². The molecular weight excluding hydrogens is 292 g/mol. The number of carboxylic acids is 1. The minimum absolute atomic E-state index is 0.428. The highest BCUT2D eigenvalue weighted by Gasteiger charge is 2.14. The second-order valence-electron chi connectivity index (χ2n) is 4.94. The van der Waals surface area contributed by atoms with Crippen LogP contribution in [0.15, 0.2) is 54.7 Å². The van der Waals surface area contributed by atoms with Gasteiger partial charge in [-0.05, 0) is 37.3 Å². The first-order chi connectivity index (χ1) is 11.1. The van der Waals surface area contributed by atoms with Crippen LogP contribution in [0.2, 0.25) is 0 Å². The molecule has 0 saturated carbocycles. The number of carbonyl (C=O) groups is 1. The zero-order chi connectivity index (χ0) is 16.2. The summed E-state index contributed by atoms with van der Waals surface area (Å²) in [6.07, 6.45) is 4.13. The van der Waals surface area contributed by atoms with E-state index in [-0.39, 0.29) is 0 Å². The molecule has 6 nitrogen and oxygen atoms in total. The molecule has 2 heterocycles. The monoisotopic (exact) mass is 306 g/mol. The number of rotatable bonds is 4. The lowest BCUT2D eigenvalue weighted by Gasteiger charge is -2.08. The van der Waals surface area contributed by atoms with Crippen LogP contribution >= 0.6 is 0 Å². The maximum absolute atomic E-state index is 10.8.